The predicted molar refractivity (Wildman–Crippen MR) is 139 cm³/mol. The van der Waals surface area contributed by atoms with Crippen LogP contribution in [0.1, 0.15) is 22.9 Å². The molecule has 0 saturated heterocycles. The van der Waals surface area contributed by atoms with Crippen molar-refractivity contribution in [2.75, 3.05) is 18.9 Å². The zero-order valence-electron chi connectivity index (χ0n) is 19.3. The average molecular weight is 508 g/mol. The summed E-state index contributed by atoms with van der Waals surface area (Å²) in [6.07, 6.45) is 0.782. The molecule has 2 aromatic heterocycles. The summed E-state index contributed by atoms with van der Waals surface area (Å²) < 4.78 is 7.07. The first-order valence-corrected chi connectivity index (χ1v) is 13.2. The van der Waals surface area contributed by atoms with Crippen molar-refractivity contribution in [2.45, 2.75) is 31.6 Å². The van der Waals surface area contributed by atoms with Crippen LogP contribution < -0.4 is 10.3 Å². The highest BCUT2D eigenvalue weighted by Crippen LogP contribution is 2.35. The largest absolute Gasteiger partial charge is 0.494 e. The standard InChI is InChI=1S/C26H25N3O4S2/c1-2-33-19-10-8-18(9-11-19)29-25(32)23-20-12-13-28(14-17-6-4-3-5-7-17)15-21(20)35-24(23)27-26(29)34-16-22(30)31/h3-11H,2,12-16H2,1H3,(H,30,31). The molecule has 0 saturated carbocycles. The summed E-state index contributed by atoms with van der Waals surface area (Å²) in [5, 5.41) is 10.3. The first-order chi connectivity index (χ1) is 17.0. The molecule has 0 fully saturated rings. The lowest BCUT2D eigenvalue weighted by molar-refractivity contribution is -0.133. The number of aliphatic carboxylic acids is 1. The van der Waals surface area contributed by atoms with Crippen LogP contribution in [0.15, 0.2) is 64.5 Å². The minimum absolute atomic E-state index is 0.152. The van der Waals surface area contributed by atoms with Crippen LogP contribution in [-0.2, 0) is 24.3 Å². The lowest BCUT2D eigenvalue weighted by atomic mass is 10.0. The molecule has 7 nitrogen and oxygen atoms in total. The van der Waals surface area contributed by atoms with Gasteiger partial charge in [-0.15, -0.1) is 11.3 Å². The van der Waals surface area contributed by atoms with Gasteiger partial charge in [0.05, 0.1) is 23.4 Å². The first kappa shape index (κ1) is 23.6. The van der Waals surface area contributed by atoms with Gasteiger partial charge in [-0.1, -0.05) is 42.1 Å². The van der Waals surface area contributed by atoms with Crippen molar-refractivity contribution in [1.82, 2.24) is 14.5 Å². The highest BCUT2D eigenvalue weighted by Gasteiger charge is 2.26. The van der Waals surface area contributed by atoms with Crippen LogP contribution in [0.2, 0.25) is 0 Å². The van der Waals surface area contributed by atoms with Gasteiger partial charge in [0.15, 0.2) is 5.16 Å². The maximum Gasteiger partial charge on any atom is 0.313 e. The third-order valence-corrected chi connectivity index (χ3v) is 7.94. The van der Waals surface area contributed by atoms with Gasteiger partial charge < -0.3 is 9.84 Å². The van der Waals surface area contributed by atoms with Crippen molar-refractivity contribution in [3.63, 3.8) is 0 Å². The monoisotopic (exact) mass is 507 g/mol. The van der Waals surface area contributed by atoms with Gasteiger partial charge in [-0.3, -0.25) is 19.1 Å². The van der Waals surface area contributed by atoms with Gasteiger partial charge in [0.2, 0.25) is 0 Å². The van der Waals surface area contributed by atoms with Crippen molar-refractivity contribution < 1.29 is 14.6 Å². The van der Waals surface area contributed by atoms with Crippen LogP contribution in [0.25, 0.3) is 15.9 Å². The average Bonchev–Trinajstić information content (AvgIpc) is 3.22. The Labute approximate surface area is 211 Å². The zero-order chi connectivity index (χ0) is 24.4. The number of ether oxygens (including phenoxy) is 1. The van der Waals surface area contributed by atoms with E-state index in [0.717, 1.165) is 48.3 Å². The van der Waals surface area contributed by atoms with Crippen LogP contribution in [0.3, 0.4) is 0 Å². The number of hydrogen-bond donors (Lipinski definition) is 1. The van der Waals surface area contributed by atoms with Gasteiger partial charge in [0.1, 0.15) is 10.6 Å². The number of carboxylic acid groups (broad SMARTS) is 1. The van der Waals surface area contributed by atoms with Crippen LogP contribution in [0.4, 0.5) is 0 Å². The van der Waals surface area contributed by atoms with Gasteiger partial charge in [0, 0.05) is 24.5 Å². The minimum Gasteiger partial charge on any atom is -0.494 e. The zero-order valence-corrected chi connectivity index (χ0v) is 20.9. The Balaban J connectivity index is 1.55. The number of carbonyl (C=O) groups is 1. The summed E-state index contributed by atoms with van der Waals surface area (Å²) in [5.74, 6) is -0.417. The Bertz CT molecular complexity index is 1410. The smallest absolute Gasteiger partial charge is 0.313 e. The summed E-state index contributed by atoms with van der Waals surface area (Å²) in [4.78, 5) is 34.1. The van der Waals surface area contributed by atoms with E-state index < -0.39 is 5.97 Å². The lowest BCUT2D eigenvalue weighted by Gasteiger charge is -2.26. The van der Waals surface area contributed by atoms with E-state index in [1.54, 1.807) is 11.3 Å². The van der Waals surface area contributed by atoms with Crippen molar-refractivity contribution in [1.29, 1.82) is 0 Å². The molecule has 0 atom stereocenters. The van der Waals surface area contributed by atoms with Gasteiger partial charge >= 0.3 is 5.97 Å². The number of aromatic nitrogens is 2. The third kappa shape index (κ3) is 4.98. The molecule has 0 radical (unpaired) electrons. The highest BCUT2D eigenvalue weighted by atomic mass is 32.2. The van der Waals surface area contributed by atoms with E-state index in [2.05, 4.69) is 17.0 Å². The number of fused-ring (bicyclic) bond motifs is 3. The molecule has 35 heavy (non-hydrogen) atoms. The van der Waals surface area contributed by atoms with Crippen LogP contribution >= 0.6 is 23.1 Å². The number of nitrogens with zero attached hydrogens (tertiary/aromatic N) is 3. The number of carboxylic acids is 1. The third-order valence-electron chi connectivity index (χ3n) is 5.90. The molecule has 2 aromatic carbocycles. The number of hydrogen-bond acceptors (Lipinski definition) is 7. The lowest BCUT2D eigenvalue weighted by Crippen LogP contribution is -2.30. The Morgan fingerprint density at radius 3 is 2.66 bits per heavy atom. The Hall–Kier alpha value is -3.14. The van der Waals surface area contributed by atoms with Crippen molar-refractivity contribution >= 4 is 39.3 Å². The summed E-state index contributed by atoms with van der Waals surface area (Å²) >= 11 is 2.60. The maximum atomic E-state index is 13.8. The van der Waals surface area contributed by atoms with E-state index in [9.17, 15) is 14.7 Å². The quantitative estimate of drug-likeness (QED) is 0.276. The van der Waals surface area contributed by atoms with Crippen LogP contribution in [-0.4, -0.2) is 44.4 Å². The molecule has 4 aromatic rings. The SMILES string of the molecule is CCOc1ccc(-n2c(SCC(=O)O)nc3sc4c(c3c2=O)CCN(Cc2ccccc2)C4)cc1. The second-order valence-electron chi connectivity index (χ2n) is 8.27. The molecule has 1 aliphatic heterocycles. The summed E-state index contributed by atoms with van der Waals surface area (Å²) in [6.45, 7) is 4.96. The predicted octanol–water partition coefficient (Wildman–Crippen LogP) is 4.58. The Kier molecular flexibility index (Phi) is 6.90. The fourth-order valence-corrected chi connectivity index (χ4v) is 6.40. The fraction of sp³-hybridized carbons (Fsp3) is 0.269. The molecule has 3 heterocycles. The first-order valence-electron chi connectivity index (χ1n) is 11.4. The van der Waals surface area contributed by atoms with E-state index in [1.807, 2.05) is 49.4 Å². The van der Waals surface area contributed by atoms with Crippen LogP contribution in [0, 0.1) is 0 Å². The Morgan fingerprint density at radius 1 is 1.17 bits per heavy atom. The van der Waals surface area contributed by atoms with Crippen molar-refractivity contribution in [3.8, 4) is 11.4 Å². The number of rotatable bonds is 8. The highest BCUT2D eigenvalue weighted by molar-refractivity contribution is 7.99. The molecule has 0 amide bonds. The number of benzene rings is 2. The summed E-state index contributed by atoms with van der Waals surface area (Å²) in [5.41, 5.74) is 2.82. The molecule has 0 unspecified atom stereocenters. The molecule has 9 heteroatoms. The van der Waals surface area contributed by atoms with E-state index >= 15 is 0 Å². The van der Waals surface area contributed by atoms with Gasteiger partial charge in [-0.25, -0.2) is 4.98 Å². The molecule has 180 valence electrons. The van der Waals surface area contributed by atoms with Crippen molar-refractivity contribution in [3.05, 3.63) is 81.0 Å². The molecule has 0 spiro atoms. The van der Waals surface area contributed by atoms with E-state index in [-0.39, 0.29) is 11.3 Å². The van der Waals surface area contributed by atoms with Gasteiger partial charge in [-0.05, 0) is 48.7 Å². The number of thioether (sulfide) groups is 1. The molecule has 5 rings (SSSR count). The molecule has 0 aliphatic carbocycles. The van der Waals surface area contributed by atoms with Crippen LogP contribution in [0.5, 0.6) is 5.75 Å². The molecular formula is C26H25N3O4S2. The molecule has 0 bridgehead atoms. The van der Waals surface area contributed by atoms with Gasteiger partial charge in [-0.2, -0.15) is 0 Å². The number of thiophene rings is 1. The Morgan fingerprint density at radius 2 is 1.94 bits per heavy atom. The molecular weight excluding hydrogens is 482 g/mol. The second-order valence-corrected chi connectivity index (χ2v) is 10.3. The normalized spacial score (nSPS) is 13.6. The summed E-state index contributed by atoms with van der Waals surface area (Å²) in [7, 11) is 0. The van der Waals surface area contributed by atoms with E-state index in [0.29, 0.717) is 33.4 Å². The second kappa shape index (κ2) is 10.2. The maximum absolute atomic E-state index is 13.8. The minimum atomic E-state index is -0.954. The summed E-state index contributed by atoms with van der Waals surface area (Å²) in [6, 6.07) is 17.6. The van der Waals surface area contributed by atoms with Gasteiger partial charge in [0.25, 0.3) is 5.56 Å². The molecule has 1 aliphatic rings. The fourth-order valence-electron chi connectivity index (χ4n) is 4.36. The van der Waals surface area contributed by atoms with Crippen molar-refractivity contribution in [2.24, 2.45) is 0 Å². The van der Waals surface area contributed by atoms with E-state index in [4.69, 9.17) is 9.72 Å². The molecule has 1 N–H and O–H groups in total. The van der Waals surface area contributed by atoms with E-state index in [1.165, 1.54) is 10.1 Å². The topological polar surface area (TPSA) is 84.7 Å².